The third kappa shape index (κ3) is 67.9. The molecule has 7 atom stereocenters. The van der Waals surface area contributed by atoms with Gasteiger partial charge in [0.1, 0.15) is 19.3 Å². The van der Waals surface area contributed by atoms with E-state index in [1.54, 1.807) is 0 Å². The van der Waals surface area contributed by atoms with Crippen LogP contribution in [0, 0.1) is 23.7 Å². The number of aliphatic hydroxyl groups excluding tert-OH is 1. The molecule has 0 saturated heterocycles. The Hall–Kier alpha value is -1.94. The molecule has 0 rings (SSSR count). The zero-order chi connectivity index (χ0) is 71.0. The number of phosphoric acid groups is 2. The lowest BCUT2D eigenvalue weighted by Crippen LogP contribution is -2.30. The lowest BCUT2D eigenvalue weighted by molar-refractivity contribution is -0.161. The number of carbonyl (C=O) groups is 4. The highest BCUT2D eigenvalue weighted by atomic mass is 31.2. The van der Waals surface area contributed by atoms with E-state index >= 15 is 0 Å². The van der Waals surface area contributed by atoms with Crippen molar-refractivity contribution in [1.82, 2.24) is 0 Å². The minimum Gasteiger partial charge on any atom is -0.462 e. The quantitative estimate of drug-likeness (QED) is 0.0222. The van der Waals surface area contributed by atoms with Gasteiger partial charge in [-0.1, -0.05) is 338 Å². The molecule has 17 nitrogen and oxygen atoms in total. The highest BCUT2D eigenvalue weighted by molar-refractivity contribution is 7.47. The summed E-state index contributed by atoms with van der Waals surface area (Å²) in [6.07, 6.45) is 51.5. The maximum atomic E-state index is 13.1. The largest absolute Gasteiger partial charge is 0.472 e. The molecule has 0 saturated carbocycles. The summed E-state index contributed by atoms with van der Waals surface area (Å²) in [5.74, 6) is 0.952. The molecular formula is C77H150O17P2. The Bertz CT molecular complexity index is 1890. The molecule has 0 amide bonds. The first kappa shape index (κ1) is 94.1. The summed E-state index contributed by atoms with van der Waals surface area (Å²) in [5, 5.41) is 10.6. The molecule has 0 aliphatic rings. The zero-order valence-electron chi connectivity index (χ0n) is 63.0. The summed E-state index contributed by atoms with van der Waals surface area (Å²) in [7, 11) is -9.91. The number of rotatable bonds is 74. The van der Waals surface area contributed by atoms with Crippen LogP contribution in [0.5, 0.6) is 0 Å². The third-order valence-electron chi connectivity index (χ3n) is 18.5. The molecule has 0 aliphatic heterocycles. The summed E-state index contributed by atoms with van der Waals surface area (Å²) in [6, 6.07) is 0. The second-order valence-corrected chi connectivity index (χ2v) is 32.1. The van der Waals surface area contributed by atoms with E-state index in [2.05, 4.69) is 55.4 Å². The topological polar surface area (TPSA) is 237 Å². The van der Waals surface area contributed by atoms with Crippen LogP contribution < -0.4 is 0 Å². The van der Waals surface area contributed by atoms with Gasteiger partial charge in [0.2, 0.25) is 0 Å². The number of aliphatic hydroxyl groups is 1. The van der Waals surface area contributed by atoms with E-state index in [0.717, 1.165) is 120 Å². The molecule has 19 heteroatoms. The normalized spacial score (nSPS) is 14.7. The summed E-state index contributed by atoms with van der Waals surface area (Å²) in [6.45, 7) is 14.2. The van der Waals surface area contributed by atoms with E-state index in [4.69, 9.17) is 37.0 Å². The molecular weight excluding hydrogens is 1260 g/mol. The molecule has 570 valence electrons. The van der Waals surface area contributed by atoms with Crippen LogP contribution in [0.2, 0.25) is 0 Å². The van der Waals surface area contributed by atoms with E-state index in [0.29, 0.717) is 25.7 Å². The fourth-order valence-corrected chi connectivity index (χ4v) is 13.2. The van der Waals surface area contributed by atoms with Gasteiger partial charge < -0.3 is 33.8 Å². The van der Waals surface area contributed by atoms with Gasteiger partial charge in [-0.05, 0) is 49.4 Å². The van der Waals surface area contributed by atoms with Gasteiger partial charge in [0, 0.05) is 25.7 Å². The molecule has 0 aliphatic carbocycles. The molecule has 0 radical (unpaired) electrons. The van der Waals surface area contributed by atoms with E-state index in [1.807, 2.05) is 0 Å². The Morgan fingerprint density at radius 2 is 0.500 bits per heavy atom. The Morgan fingerprint density at radius 3 is 0.740 bits per heavy atom. The number of hydrogen-bond donors (Lipinski definition) is 3. The third-order valence-corrected chi connectivity index (χ3v) is 20.4. The van der Waals surface area contributed by atoms with Gasteiger partial charge in [-0.25, -0.2) is 9.13 Å². The lowest BCUT2D eigenvalue weighted by atomic mass is 9.99. The Balaban J connectivity index is 5.19. The molecule has 0 aromatic rings. The molecule has 0 aromatic heterocycles. The maximum Gasteiger partial charge on any atom is 0.472 e. The van der Waals surface area contributed by atoms with Crippen LogP contribution in [0.4, 0.5) is 0 Å². The first-order chi connectivity index (χ1) is 46.2. The van der Waals surface area contributed by atoms with Crippen LogP contribution in [0.3, 0.4) is 0 Å². The first-order valence-electron chi connectivity index (χ1n) is 39.8. The summed E-state index contributed by atoms with van der Waals surface area (Å²) in [5.41, 5.74) is 0. The van der Waals surface area contributed by atoms with Crippen LogP contribution in [-0.4, -0.2) is 96.7 Å². The van der Waals surface area contributed by atoms with Crippen LogP contribution in [0.25, 0.3) is 0 Å². The van der Waals surface area contributed by atoms with Gasteiger partial charge in [-0.2, -0.15) is 0 Å². The van der Waals surface area contributed by atoms with Crippen molar-refractivity contribution < 1.29 is 80.2 Å². The van der Waals surface area contributed by atoms with Crippen molar-refractivity contribution in [2.24, 2.45) is 23.7 Å². The van der Waals surface area contributed by atoms with Crippen molar-refractivity contribution in [3.8, 4) is 0 Å². The monoisotopic (exact) mass is 1410 g/mol. The average Bonchev–Trinajstić information content (AvgIpc) is 1.19. The number of ether oxygens (including phenoxy) is 4. The predicted molar refractivity (Wildman–Crippen MR) is 391 cm³/mol. The fourth-order valence-electron chi connectivity index (χ4n) is 11.7. The highest BCUT2D eigenvalue weighted by Crippen LogP contribution is 2.45. The molecule has 4 unspecified atom stereocenters. The number of esters is 4. The van der Waals surface area contributed by atoms with Gasteiger partial charge in [0.05, 0.1) is 26.4 Å². The minimum atomic E-state index is -4.96. The van der Waals surface area contributed by atoms with Crippen molar-refractivity contribution in [3.63, 3.8) is 0 Å². The van der Waals surface area contributed by atoms with Gasteiger partial charge in [0.25, 0.3) is 0 Å². The molecule has 0 fully saturated rings. The second-order valence-electron chi connectivity index (χ2n) is 29.2. The molecule has 96 heavy (non-hydrogen) atoms. The van der Waals surface area contributed by atoms with Gasteiger partial charge >= 0.3 is 39.5 Å². The average molecular weight is 1410 g/mol. The van der Waals surface area contributed by atoms with Crippen molar-refractivity contribution >= 4 is 39.5 Å². The SMILES string of the molecule is CCC(C)CCCCCCCCCCC(=O)O[C@H](COC(=O)CCCCCCCCCCCCCCCCCCCCC(C)C)COP(=O)(O)OC[C@@H](O)COP(=O)(O)OC[C@@H](COC(=O)CCCCCCCCC(C)CC)OC(=O)CCCCCCCCCCCCC(C)C. The Morgan fingerprint density at radius 1 is 0.292 bits per heavy atom. The fraction of sp³-hybridized carbons (Fsp3) is 0.948. The predicted octanol–water partition coefficient (Wildman–Crippen LogP) is 22.4. The minimum absolute atomic E-state index is 0.105. The number of hydrogen-bond acceptors (Lipinski definition) is 15. The van der Waals surface area contributed by atoms with E-state index in [-0.39, 0.29) is 25.7 Å². The Labute approximate surface area is 588 Å². The summed E-state index contributed by atoms with van der Waals surface area (Å²) in [4.78, 5) is 72.8. The second kappa shape index (κ2) is 66.3. The van der Waals surface area contributed by atoms with E-state index < -0.39 is 97.5 Å². The molecule has 0 bridgehead atoms. The number of carbonyl (C=O) groups excluding carboxylic acids is 4. The smallest absolute Gasteiger partial charge is 0.462 e. The molecule has 0 heterocycles. The van der Waals surface area contributed by atoms with Crippen LogP contribution in [-0.2, 0) is 65.4 Å². The standard InChI is InChI=1S/C77H150O17P2/c1-9-69(7)55-47-39-31-27-28-34-44-52-60-77(82)94-72(63-87-74(79)57-49-41-32-25-20-18-16-14-12-11-13-15-17-19-23-29-37-45-53-67(3)4)65-91-95(83,84)89-61-71(78)62-90-96(85,86)92-66-73(64-88-75(80)58-50-42-36-35-40-48-56-70(8)10-2)93-76(81)59-51-43-33-26-22-21-24-30-38-46-54-68(5)6/h67-73,78H,9-66H2,1-8H3,(H,83,84)(H,85,86)/t69?,70?,71-,72-,73-/m1/s1. The highest BCUT2D eigenvalue weighted by Gasteiger charge is 2.30. The van der Waals surface area contributed by atoms with Crippen LogP contribution in [0.1, 0.15) is 389 Å². The van der Waals surface area contributed by atoms with Crippen molar-refractivity contribution in [2.75, 3.05) is 39.6 Å². The van der Waals surface area contributed by atoms with Crippen LogP contribution >= 0.6 is 15.6 Å². The molecule has 0 aromatic carbocycles. The molecule has 3 N–H and O–H groups in total. The van der Waals surface area contributed by atoms with Gasteiger partial charge in [0.15, 0.2) is 12.2 Å². The van der Waals surface area contributed by atoms with Crippen LogP contribution in [0.15, 0.2) is 0 Å². The van der Waals surface area contributed by atoms with Crippen molar-refractivity contribution in [2.45, 2.75) is 408 Å². The van der Waals surface area contributed by atoms with Crippen molar-refractivity contribution in [1.29, 1.82) is 0 Å². The number of unbranched alkanes of at least 4 members (excludes halogenated alkanes) is 38. The van der Waals surface area contributed by atoms with Gasteiger partial charge in [-0.15, -0.1) is 0 Å². The summed E-state index contributed by atoms with van der Waals surface area (Å²) < 4.78 is 68.5. The van der Waals surface area contributed by atoms with Crippen molar-refractivity contribution in [3.05, 3.63) is 0 Å². The Kier molecular flexibility index (Phi) is 65.0. The number of phosphoric ester groups is 2. The summed E-state index contributed by atoms with van der Waals surface area (Å²) >= 11 is 0. The zero-order valence-corrected chi connectivity index (χ0v) is 64.8. The molecule has 0 spiro atoms. The van der Waals surface area contributed by atoms with E-state index in [1.165, 1.54) is 186 Å². The lowest BCUT2D eigenvalue weighted by Gasteiger charge is -2.21. The maximum absolute atomic E-state index is 13.1. The first-order valence-corrected chi connectivity index (χ1v) is 42.8. The van der Waals surface area contributed by atoms with E-state index in [9.17, 15) is 43.2 Å². The van der Waals surface area contributed by atoms with Gasteiger partial charge in [-0.3, -0.25) is 37.3 Å².